The van der Waals surface area contributed by atoms with Crippen LogP contribution in [0.1, 0.15) is 15.9 Å². The molecule has 0 saturated heterocycles. The maximum Gasteiger partial charge on any atom is 0.251 e. The number of hydrogen-bond acceptors (Lipinski definition) is 5. The summed E-state index contributed by atoms with van der Waals surface area (Å²) < 4.78 is 16.0. The van der Waals surface area contributed by atoms with Gasteiger partial charge in [0, 0.05) is 23.4 Å². The molecule has 0 fully saturated rings. The number of anilines is 1. The molecule has 2 aromatic carbocycles. The quantitative estimate of drug-likeness (QED) is 0.761. The van der Waals surface area contributed by atoms with E-state index in [1.807, 2.05) is 12.1 Å². The minimum atomic E-state index is -0.165. The average Bonchev–Trinajstić information content (AvgIpc) is 2.60. The lowest BCUT2D eigenvalue weighted by Crippen LogP contribution is -2.25. The van der Waals surface area contributed by atoms with Crippen LogP contribution in [0.5, 0.6) is 17.2 Å². The Bertz CT molecular complexity index is 716. The van der Waals surface area contributed by atoms with Crippen molar-refractivity contribution >= 4 is 11.6 Å². The molecule has 3 N–H and O–H groups in total. The number of benzene rings is 2. The topological polar surface area (TPSA) is 82.8 Å². The van der Waals surface area contributed by atoms with Crippen LogP contribution in [0, 0.1) is 0 Å². The van der Waals surface area contributed by atoms with Crippen molar-refractivity contribution in [3.8, 4) is 17.2 Å². The normalized spacial score (nSPS) is 10.1. The Morgan fingerprint density at radius 3 is 2.42 bits per heavy atom. The Hall–Kier alpha value is -2.89. The molecule has 0 saturated carbocycles. The average molecular weight is 330 g/mol. The molecule has 2 rings (SSSR count). The van der Waals surface area contributed by atoms with E-state index in [9.17, 15) is 4.79 Å². The minimum Gasteiger partial charge on any atom is -0.493 e. The van der Waals surface area contributed by atoms with E-state index < -0.39 is 0 Å². The van der Waals surface area contributed by atoms with Crippen molar-refractivity contribution in [3.05, 3.63) is 47.5 Å². The van der Waals surface area contributed by atoms with E-state index >= 15 is 0 Å². The van der Waals surface area contributed by atoms with Crippen LogP contribution in [0.25, 0.3) is 0 Å². The van der Waals surface area contributed by atoms with Crippen LogP contribution in [0.3, 0.4) is 0 Å². The van der Waals surface area contributed by atoms with E-state index in [4.69, 9.17) is 19.9 Å². The number of hydrogen-bond donors (Lipinski definition) is 2. The standard InChI is InChI=1S/C18H22N2O4/c1-22-15-8-7-12(16(23-2)17(15)24-3)9-10-20-18(21)13-5-4-6-14(19)11-13/h4-8,11H,9-10,19H2,1-3H3,(H,20,21). The Labute approximate surface area is 141 Å². The maximum atomic E-state index is 12.1. The van der Waals surface area contributed by atoms with Gasteiger partial charge in [0.25, 0.3) is 5.91 Å². The molecule has 0 bridgehead atoms. The monoisotopic (exact) mass is 330 g/mol. The van der Waals surface area contributed by atoms with Gasteiger partial charge in [-0.15, -0.1) is 0 Å². The molecule has 0 spiro atoms. The second-order valence-corrected chi connectivity index (χ2v) is 5.12. The van der Waals surface area contributed by atoms with E-state index in [2.05, 4.69) is 5.32 Å². The molecule has 0 aliphatic heterocycles. The molecular formula is C18H22N2O4. The van der Waals surface area contributed by atoms with E-state index in [0.29, 0.717) is 41.5 Å². The molecule has 24 heavy (non-hydrogen) atoms. The number of carbonyl (C=O) groups excluding carboxylic acids is 1. The molecule has 128 valence electrons. The molecule has 0 aromatic heterocycles. The van der Waals surface area contributed by atoms with Gasteiger partial charge >= 0.3 is 0 Å². The van der Waals surface area contributed by atoms with Gasteiger partial charge in [0.1, 0.15) is 0 Å². The molecular weight excluding hydrogens is 308 g/mol. The molecule has 0 atom stereocenters. The first kappa shape index (κ1) is 17.5. The van der Waals surface area contributed by atoms with Crippen LogP contribution < -0.4 is 25.3 Å². The van der Waals surface area contributed by atoms with E-state index in [0.717, 1.165) is 5.56 Å². The smallest absolute Gasteiger partial charge is 0.251 e. The maximum absolute atomic E-state index is 12.1. The van der Waals surface area contributed by atoms with Gasteiger partial charge < -0.3 is 25.3 Å². The third kappa shape index (κ3) is 3.90. The number of nitrogens with two attached hydrogens (primary N) is 1. The molecule has 0 aliphatic carbocycles. The fraction of sp³-hybridized carbons (Fsp3) is 0.278. The van der Waals surface area contributed by atoms with Gasteiger partial charge in [-0.05, 0) is 30.7 Å². The highest BCUT2D eigenvalue weighted by Gasteiger charge is 2.15. The SMILES string of the molecule is COc1ccc(CCNC(=O)c2cccc(N)c2)c(OC)c1OC. The first-order valence-electron chi connectivity index (χ1n) is 7.52. The minimum absolute atomic E-state index is 0.165. The van der Waals surface area contributed by atoms with Gasteiger partial charge in [-0.2, -0.15) is 0 Å². The Morgan fingerprint density at radius 1 is 1.04 bits per heavy atom. The summed E-state index contributed by atoms with van der Waals surface area (Å²) in [6.07, 6.45) is 0.595. The van der Waals surface area contributed by atoms with Crippen molar-refractivity contribution < 1.29 is 19.0 Å². The summed E-state index contributed by atoms with van der Waals surface area (Å²) in [5.74, 6) is 1.58. The first-order chi connectivity index (χ1) is 11.6. The highest BCUT2D eigenvalue weighted by Crippen LogP contribution is 2.39. The van der Waals surface area contributed by atoms with Gasteiger partial charge in [-0.1, -0.05) is 12.1 Å². The molecule has 1 amide bonds. The fourth-order valence-electron chi connectivity index (χ4n) is 2.45. The third-order valence-electron chi connectivity index (χ3n) is 3.61. The summed E-state index contributed by atoms with van der Waals surface area (Å²) in [6, 6.07) is 10.6. The Kier molecular flexibility index (Phi) is 5.89. The van der Waals surface area contributed by atoms with Crippen molar-refractivity contribution in [1.82, 2.24) is 5.32 Å². The molecule has 0 unspecified atom stereocenters. The van der Waals surface area contributed by atoms with Gasteiger partial charge in [-0.3, -0.25) is 4.79 Å². The van der Waals surface area contributed by atoms with Crippen molar-refractivity contribution in [2.45, 2.75) is 6.42 Å². The van der Waals surface area contributed by atoms with Crippen LogP contribution in [0.15, 0.2) is 36.4 Å². The zero-order valence-electron chi connectivity index (χ0n) is 14.1. The highest BCUT2D eigenvalue weighted by atomic mass is 16.5. The second-order valence-electron chi connectivity index (χ2n) is 5.12. The number of nitrogen functional groups attached to an aromatic ring is 1. The second kappa shape index (κ2) is 8.10. The summed E-state index contributed by atoms with van der Waals surface area (Å²) in [7, 11) is 4.71. The molecule has 6 nitrogen and oxygen atoms in total. The highest BCUT2D eigenvalue weighted by molar-refractivity contribution is 5.94. The largest absolute Gasteiger partial charge is 0.493 e. The van der Waals surface area contributed by atoms with Crippen LogP contribution in [0.4, 0.5) is 5.69 Å². The summed E-state index contributed by atoms with van der Waals surface area (Å²) >= 11 is 0. The van der Waals surface area contributed by atoms with Crippen LogP contribution >= 0.6 is 0 Å². The number of carbonyl (C=O) groups is 1. The van der Waals surface area contributed by atoms with Crippen molar-refractivity contribution in [2.24, 2.45) is 0 Å². The Morgan fingerprint density at radius 2 is 1.79 bits per heavy atom. The van der Waals surface area contributed by atoms with E-state index in [-0.39, 0.29) is 5.91 Å². The molecule has 0 radical (unpaired) electrons. The molecule has 2 aromatic rings. The number of nitrogens with one attached hydrogen (secondary N) is 1. The van der Waals surface area contributed by atoms with Crippen molar-refractivity contribution in [1.29, 1.82) is 0 Å². The van der Waals surface area contributed by atoms with Gasteiger partial charge in [0.05, 0.1) is 21.3 Å². The fourth-order valence-corrected chi connectivity index (χ4v) is 2.45. The summed E-state index contributed by atoms with van der Waals surface area (Å²) in [5, 5.41) is 2.87. The summed E-state index contributed by atoms with van der Waals surface area (Å²) in [5.41, 5.74) is 7.71. The lowest BCUT2D eigenvalue weighted by Gasteiger charge is -2.16. The Balaban J connectivity index is 2.05. The summed E-state index contributed by atoms with van der Waals surface area (Å²) in [4.78, 5) is 12.1. The lowest BCUT2D eigenvalue weighted by molar-refractivity contribution is 0.0954. The summed E-state index contributed by atoms with van der Waals surface area (Å²) in [6.45, 7) is 0.458. The van der Waals surface area contributed by atoms with Gasteiger partial charge in [0.15, 0.2) is 11.5 Å². The molecule has 0 aliphatic rings. The van der Waals surface area contributed by atoms with Gasteiger partial charge in [-0.25, -0.2) is 0 Å². The van der Waals surface area contributed by atoms with Crippen LogP contribution in [-0.2, 0) is 6.42 Å². The van der Waals surface area contributed by atoms with Crippen LogP contribution in [0.2, 0.25) is 0 Å². The molecule has 0 heterocycles. The predicted molar refractivity (Wildman–Crippen MR) is 93.0 cm³/mol. The van der Waals surface area contributed by atoms with E-state index in [1.165, 1.54) is 0 Å². The number of ether oxygens (including phenoxy) is 3. The zero-order valence-corrected chi connectivity index (χ0v) is 14.1. The predicted octanol–water partition coefficient (Wildman–Crippen LogP) is 2.27. The number of amides is 1. The third-order valence-corrected chi connectivity index (χ3v) is 3.61. The number of methoxy groups -OCH3 is 3. The molecule has 6 heteroatoms. The number of rotatable bonds is 7. The van der Waals surface area contributed by atoms with Crippen molar-refractivity contribution in [3.63, 3.8) is 0 Å². The zero-order chi connectivity index (χ0) is 17.5. The van der Waals surface area contributed by atoms with Gasteiger partial charge in [0.2, 0.25) is 5.75 Å². The van der Waals surface area contributed by atoms with Crippen molar-refractivity contribution in [2.75, 3.05) is 33.6 Å². The first-order valence-corrected chi connectivity index (χ1v) is 7.52. The lowest BCUT2D eigenvalue weighted by atomic mass is 10.1. The van der Waals surface area contributed by atoms with E-state index in [1.54, 1.807) is 45.6 Å². The van der Waals surface area contributed by atoms with Crippen LogP contribution in [-0.4, -0.2) is 33.8 Å².